The number of carbonyl (C=O) groups excluding carboxylic acids is 1. The molecule has 2 aliphatic heterocycles. The predicted octanol–water partition coefficient (Wildman–Crippen LogP) is 4.93. The molecule has 1 amide bonds. The van der Waals surface area contributed by atoms with Gasteiger partial charge in [0, 0.05) is 22.5 Å². The molecule has 0 bridgehead atoms. The fourth-order valence-corrected chi connectivity index (χ4v) is 6.17. The molecule has 3 heterocycles. The van der Waals surface area contributed by atoms with Crippen LogP contribution >= 0.6 is 11.6 Å². The molecule has 1 aromatic heterocycles. The zero-order valence-corrected chi connectivity index (χ0v) is 19.1. The van der Waals surface area contributed by atoms with Gasteiger partial charge in [0.1, 0.15) is 12.0 Å². The monoisotopic (exact) mass is 457 g/mol. The lowest BCUT2D eigenvalue weighted by Gasteiger charge is -2.43. The quantitative estimate of drug-likeness (QED) is 0.707. The molecule has 32 heavy (non-hydrogen) atoms. The Kier molecular flexibility index (Phi) is 4.80. The largest absolute Gasteiger partial charge is 0.376 e. The third-order valence-electron chi connectivity index (χ3n) is 8.48. The Balaban J connectivity index is 1.18. The van der Waals surface area contributed by atoms with Crippen LogP contribution < -0.4 is 5.32 Å². The molecule has 4 fully saturated rings. The van der Waals surface area contributed by atoms with Gasteiger partial charge in [-0.3, -0.25) is 9.69 Å². The lowest BCUT2D eigenvalue weighted by atomic mass is 9.85. The number of carbonyl (C=O) groups is 1. The molecule has 4 aliphatic rings. The lowest BCUT2D eigenvalue weighted by molar-refractivity contribution is -0.117. The van der Waals surface area contributed by atoms with E-state index in [-0.39, 0.29) is 18.4 Å². The minimum atomic E-state index is -0.935. The first kappa shape index (κ1) is 20.8. The van der Waals surface area contributed by atoms with Crippen molar-refractivity contribution < 1.29 is 13.9 Å². The van der Waals surface area contributed by atoms with Crippen molar-refractivity contribution >= 4 is 34.1 Å². The van der Waals surface area contributed by atoms with E-state index < -0.39 is 11.7 Å². The van der Waals surface area contributed by atoms with E-state index >= 15 is 0 Å². The van der Waals surface area contributed by atoms with E-state index in [2.05, 4.69) is 21.3 Å². The van der Waals surface area contributed by atoms with Crippen LogP contribution in [-0.4, -0.2) is 53.8 Å². The Morgan fingerprint density at radius 1 is 1.25 bits per heavy atom. The van der Waals surface area contributed by atoms with Gasteiger partial charge in [-0.05, 0) is 92.6 Å². The Morgan fingerprint density at radius 3 is 2.69 bits per heavy atom. The normalized spacial score (nSPS) is 31.8. The van der Waals surface area contributed by atoms with Gasteiger partial charge < -0.3 is 10.1 Å². The highest BCUT2D eigenvalue weighted by Crippen LogP contribution is 2.70. The lowest BCUT2D eigenvalue weighted by Crippen LogP contribution is -2.55. The highest BCUT2D eigenvalue weighted by atomic mass is 35.5. The van der Waals surface area contributed by atoms with Gasteiger partial charge in [0.15, 0.2) is 0 Å². The number of aromatic nitrogens is 1. The maximum atomic E-state index is 14.4. The second-order valence-corrected chi connectivity index (χ2v) is 10.9. The first-order valence-corrected chi connectivity index (χ1v) is 12.1. The average Bonchev–Trinajstić information content (AvgIpc) is 3.70. The first-order valence-electron chi connectivity index (χ1n) is 11.7. The van der Waals surface area contributed by atoms with Crippen LogP contribution in [0.25, 0.3) is 10.8 Å². The molecule has 1 aromatic carbocycles. The number of benzene rings is 1. The summed E-state index contributed by atoms with van der Waals surface area (Å²) >= 11 is 6.67. The summed E-state index contributed by atoms with van der Waals surface area (Å²) in [6, 6.07) is 6.07. The number of nitrogens with one attached hydrogen (secondary N) is 1. The molecule has 170 valence electrons. The Bertz CT molecular complexity index is 1080. The van der Waals surface area contributed by atoms with Crippen LogP contribution in [0.2, 0.25) is 5.02 Å². The van der Waals surface area contributed by atoms with Gasteiger partial charge >= 0.3 is 0 Å². The van der Waals surface area contributed by atoms with Crippen LogP contribution in [-0.2, 0) is 9.53 Å². The fraction of sp³-hybridized carbons (Fsp3) is 0.600. The molecule has 2 saturated heterocycles. The van der Waals surface area contributed by atoms with E-state index in [1.165, 1.54) is 12.8 Å². The summed E-state index contributed by atoms with van der Waals surface area (Å²) in [6.45, 7) is 4.30. The number of pyridine rings is 1. The molecule has 1 N–H and O–H groups in total. The zero-order chi connectivity index (χ0) is 22.1. The van der Waals surface area contributed by atoms with Crippen molar-refractivity contribution in [2.45, 2.75) is 56.7 Å². The van der Waals surface area contributed by atoms with Gasteiger partial charge in [-0.25, -0.2) is 9.37 Å². The molecule has 2 aliphatic carbocycles. The van der Waals surface area contributed by atoms with E-state index in [0.29, 0.717) is 23.8 Å². The van der Waals surface area contributed by atoms with Gasteiger partial charge in [0.25, 0.3) is 0 Å². The van der Waals surface area contributed by atoms with Crippen LogP contribution in [0.3, 0.4) is 0 Å². The van der Waals surface area contributed by atoms with Gasteiger partial charge in [-0.1, -0.05) is 11.6 Å². The number of nitrogens with zero attached hydrogens (tertiary/aromatic N) is 2. The number of halogens is 2. The third kappa shape index (κ3) is 3.42. The number of hydrogen-bond acceptors (Lipinski definition) is 4. The SMILES string of the molecule is CC1(N2CCC(c3cc4cc(NC(=O)C5CC56CC6)ncc4cc3Cl)CC2)COCC1F. The zero-order valence-electron chi connectivity index (χ0n) is 18.4. The van der Waals surface area contributed by atoms with Crippen LogP contribution in [0.1, 0.15) is 50.5 Å². The molecule has 3 atom stereocenters. The molecule has 3 unspecified atom stereocenters. The van der Waals surface area contributed by atoms with Crippen molar-refractivity contribution in [3.05, 3.63) is 35.0 Å². The fourth-order valence-electron chi connectivity index (χ4n) is 5.84. The van der Waals surface area contributed by atoms with Crippen molar-refractivity contribution in [1.82, 2.24) is 9.88 Å². The Morgan fingerprint density at radius 2 is 2.03 bits per heavy atom. The Hall–Kier alpha value is -1.76. The van der Waals surface area contributed by atoms with Gasteiger partial charge in [-0.15, -0.1) is 0 Å². The van der Waals surface area contributed by atoms with E-state index in [4.69, 9.17) is 16.3 Å². The summed E-state index contributed by atoms with van der Waals surface area (Å²) in [6.07, 6.45) is 6.13. The van der Waals surface area contributed by atoms with Crippen LogP contribution in [0.15, 0.2) is 24.4 Å². The maximum absolute atomic E-state index is 14.4. The number of alkyl halides is 1. The number of fused-ring (bicyclic) bond motifs is 1. The molecule has 0 radical (unpaired) electrons. The minimum Gasteiger partial charge on any atom is -0.376 e. The maximum Gasteiger partial charge on any atom is 0.229 e. The molecule has 6 rings (SSSR count). The van der Waals surface area contributed by atoms with Crippen molar-refractivity contribution in [1.29, 1.82) is 0 Å². The second-order valence-electron chi connectivity index (χ2n) is 10.5. The van der Waals surface area contributed by atoms with E-state index in [1.807, 2.05) is 19.1 Å². The average molecular weight is 458 g/mol. The van der Waals surface area contributed by atoms with Crippen molar-refractivity contribution in [2.75, 3.05) is 31.6 Å². The first-order chi connectivity index (χ1) is 15.4. The summed E-state index contributed by atoms with van der Waals surface area (Å²) in [5, 5.41) is 5.77. The van der Waals surface area contributed by atoms with Crippen molar-refractivity contribution in [3.63, 3.8) is 0 Å². The van der Waals surface area contributed by atoms with Gasteiger partial charge in [0.2, 0.25) is 5.91 Å². The predicted molar refractivity (Wildman–Crippen MR) is 123 cm³/mol. The second kappa shape index (κ2) is 7.37. The summed E-state index contributed by atoms with van der Waals surface area (Å²) in [4.78, 5) is 19.2. The van der Waals surface area contributed by atoms with Crippen LogP contribution in [0, 0.1) is 11.3 Å². The Labute approximate surface area is 192 Å². The highest BCUT2D eigenvalue weighted by molar-refractivity contribution is 6.32. The molecule has 5 nitrogen and oxygen atoms in total. The number of piperidine rings is 1. The smallest absolute Gasteiger partial charge is 0.229 e. The van der Waals surface area contributed by atoms with Crippen molar-refractivity contribution in [3.8, 4) is 0 Å². The minimum absolute atomic E-state index is 0.103. The molecular formula is C25H29ClFN3O2. The van der Waals surface area contributed by atoms with Gasteiger partial charge in [-0.2, -0.15) is 0 Å². The summed E-state index contributed by atoms with van der Waals surface area (Å²) in [7, 11) is 0. The van der Waals surface area contributed by atoms with E-state index in [9.17, 15) is 9.18 Å². The number of anilines is 1. The number of rotatable bonds is 4. The summed E-state index contributed by atoms with van der Waals surface area (Å²) in [5.74, 6) is 1.21. The summed E-state index contributed by atoms with van der Waals surface area (Å²) in [5.41, 5.74) is 0.948. The standard InChI is InChI=1S/C25H29ClFN3O2/c1-24(14-32-13-21(24)27)30-6-2-15(3-7-30)18-8-16-10-22(28-12-17(16)9-20(18)26)29-23(31)19-11-25(19)4-5-25/h8-10,12,15,19,21H,2-7,11,13-14H2,1H3,(H,28,29,31). The number of likely N-dealkylation sites (tertiary alicyclic amines) is 1. The van der Waals surface area contributed by atoms with E-state index in [0.717, 1.165) is 53.7 Å². The highest BCUT2D eigenvalue weighted by Gasteiger charge is 2.65. The number of ether oxygens (including phenoxy) is 1. The summed E-state index contributed by atoms with van der Waals surface area (Å²) < 4.78 is 19.8. The van der Waals surface area contributed by atoms with Crippen molar-refractivity contribution in [2.24, 2.45) is 11.3 Å². The van der Waals surface area contributed by atoms with Crippen LogP contribution in [0.4, 0.5) is 10.2 Å². The van der Waals surface area contributed by atoms with Gasteiger partial charge in [0.05, 0.1) is 18.8 Å². The molecule has 1 spiro atoms. The van der Waals surface area contributed by atoms with E-state index in [1.54, 1.807) is 6.20 Å². The molecular weight excluding hydrogens is 429 g/mol. The number of hydrogen-bond donors (Lipinski definition) is 1. The number of amides is 1. The molecule has 2 saturated carbocycles. The third-order valence-corrected chi connectivity index (χ3v) is 8.80. The molecule has 7 heteroatoms. The van der Waals surface area contributed by atoms with Crippen LogP contribution in [0.5, 0.6) is 0 Å². The molecule has 2 aromatic rings. The topological polar surface area (TPSA) is 54.5 Å².